The van der Waals surface area contributed by atoms with Crippen molar-refractivity contribution >= 4 is 51.6 Å². The minimum Gasteiger partial charge on any atom is -0.394 e. The SMILES string of the molecule is C=CCN(C(=O)C1N([C@@H](CO)CC(C)C)C(=O)[C@@H]2[C@@H](C(=O)N(CC=C)c3ccccc3)[C@@]3(C)CCC12S3)c1ccc2ccccc2c1. The quantitative estimate of drug-likeness (QED) is 0.227. The molecular weight excluding hydrogens is 607 g/mol. The number of likely N-dealkylation sites (tertiary alicyclic amines) is 1. The van der Waals surface area contributed by atoms with Crippen LogP contribution < -0.4 is 9.80 Å². The highest BCUT2D eigenvalue weighted by molar-refractivity contribution is 8.02. The molecule has 6 rings (SSSR count). The molecule has 1 spiro atoms. The molecule has 3 heterocycles. The van der Waals surface area contributed by atoms with E-state index in [4.69, 9.17) is 0 Å². The number of hydrogen-bond acceptors (Lipinski definition) is 5. The topological polar surface area (TPSA) is 81.2 Å². The van der Waals surface area contributed by atoms with Crippen LogP contribution in [0.5, 0.6) is 0 Å². The van der Waals surface area contributed by atoms with E-state index in [1.54, 1.807) is 38.6 Å². The van der Waals surface area contributed by atoms with Gasteiger partial charge in [-0.15, -0.1) is 24.9 Å². The van der Waals surface area contributed by atoms with Crippen LogP contribution in [0.2, 0.25) is 0 Å². The Balaban J connectivity index is 1.47. The lowest BCUT2D eigenvalue weighted by atomic mass is 9.66. The molecule has 0 radical (unpaired) electrons. The van der Waals surface area contributed by atoms with Crippen molar-refractivity contribution in [3.05, 3.63) is 98.1 Å². The van der Waals surface area contributed by atoms with Gasteiger partial charge in [-0.25, -0.2) is 0 Å². The molecule has 3 saturated heterocycles. The fourth-order valence-electron chi connectivity index (χ4n) is 8.40. The summed E-state index contributed by atoms with van der Waals surface area (Å²) in [5.41, 5.74) is 1.47. The van der Waals surface area contributed by atoms with Gasteiger partial charge in [-0.1, -0.05) is 74.5 Å². The number of hydrogen-bond donors (Lipinski definition) is 1. The second-order valence-corrected chi connectivity index (χ2v) is 15.7. The first-order valence-electron chi connectivity index (χ1n) is 16.6. The van der Waals surface area contributed by atoms with E-state index < -0.39 is 33.4 Å². The Bertz CT molecular complexity index is 1690. The maximum absolute atomic E-state index is 15.2. The molecule has 246 valence electrons. The van der Waals surface area contributed by atoms with E-state index in [1.165, 1.54) is 0 Å². The van der Waals surface area contributed by atoms with Gasteiger partial charge >= 0.3 is 0 Å². The second-order valence-electron chi connectivity index (χ2n) is 13.8. The van der Waals surface area contributed by atoms with E-state index in [-0.39, 0.29) is 36.8 Å². The van der Waals surface area contributed by atoms with Gasteiger partial charge in [0, 0.05) is 29.2 Å². The number of carbonyl (C=O) groups is 3. The van der Waals surface area contributed by atoms with Crippen molar-refractivity contribution in [2.45, 2.75) is 61.6 Å². The molecule has 47 heavy (non-hydrogen) atoms. The van der Waals surface area contributed by atoms with Crippen LogP contribution in [0.25, 0.3) is 10.8 Å². The Labute approximate surface area is 282 Å². The molecule has 0 aliphatic carbocycles. The summed E-state index contributed by atoms with van der Waals surface area (Å²) in [4.78, 5) is 50.0. The third kappa shape index (κ3) is 5.49. The summed E-state index contributed by atoms with van der Waals surface area (Å²) in [6, 6.07) is 22.1. The van der Waals surface area contributed by atoms with Crippen LogP contribution >= 0.6 is 11.8 Å². The van der Waals surface area contributed by atoms with Crippen molar-refractivity contribution in [3.8, 4) is 0 Å². The molecule has 6 atom stereocenters. The van der Waals surface area contributed by atoms with Crippen LogP contribution in [-0.2, 0) is 14.4 Å². The van der Waals surface area contributed by atoms with E-state index in [2.05, 4.69) is 33.9 Å². The van der Waals surface area contributed by atoms with Crippen molar-refractivity contribution in [1.29, 1.82) is 0 Å². The molecule has 3 amide bonds. The van der Waals surface area contributed by atoms with Crippen LogP contribution in [0.3, 0.4) is 0 Å². The largest absolute Gasteiger partial charge is 0.394 e. The Morgan fingerprint density at radius 2 is 1.57 bits per heavy atom. The molecular formula is C39H45N3O4S. The van der Waals surface area contributed by atoms with E-state index in [0.717, 1.165) is 22.1 Å². The van der Waals surface area contributed by atoms with Gasteiger partial charge in [0.25, 0.3) is 5.91 Å². The lowest BCUT2D eigenvalue weighted by Crippen LogP contribution is -2.58. The number of rotatable bonds is 12. The number of fused-ring (bicyclic) bond motifs is 2. The van der Waals surface area contributed by atoms with Crippen molar-refractivity contribution in [1.82, 2.24) is 4.90 Å². The maximum atomic E-state index is 15.2. The minimum absolute atomic E-state index is 0.124. The molecule has 0 aromatic heterocycles. The first kappa shape index (κ1) is 33.0. The van der Waals surface area contributed by atoms with Gasteiger partial charge in [0.1, 0.15) is 6.04 Å². The molecule has 3 aromatic carbocycles. The average molecular weight is 652 g/mol. The standard InChI is InChI=1S/C39H45N3O4S/c1-6-21-40(29-15-9-8-10-16-29)35(44)32-33-36(45)42(31(25-43)23-26(3)4)34(39(33)20-19-38(32,5)47-39)37(46)41(22-7-2)30-18-17-27-13-11-12-14-28(27)24-30/h6-18,24,26,31-34,43H,1-2,19-23,25H2,3-5H3/t31-,32+,33+,34?,38-,39?/m1/s1. The van der Waals surface area contributed by atoms with Gasteiger partial charge in [0.15, 0.2) is 0 Å². The third-order valence-corrected chi connectivity index (χ3v) is 12.3. The Morgan fingerprint density at radius 1 is 0.936 bits per heavy atom. The molecule has 3 fully saturated rings. The number of nitrogens with zero attached hydrogens (tertiary/aromatic N) is 3. The zero-order chi connectivity index (χ0) is 33.5. The lowest BCUT2D eigenvalue weighted by molar-refractivity contribution is -0.142. The Morgan fingerprint density at radius 3 is 2.21 bits per heavy atom. The van der Waals surface area contributed by atoms with E-state index in [0.29, 0.717) is 25.8 Å². The molecule has 7 nitrogen and oxygen atoms in total. The molecule has 2 unspecified atom stereocenters. The number of anilines is 2. The highest BCUT2D eigenvalue weighted by atomic mass is 32.2. The van der Waals surface area contributed by atoms with Gasteiger partial charge in [-0.2, -0.15) is 0 Å². The van der Waals surface area contributed by atoms with Gasteiger partial charge in [-0.05, 0) is 67.1 Å². The van der Waals surface area contributed by atoms with Gasteiger partial charge in [0.2, 0.25) is 11.8 Å². The normalized spacial score (nSPS) is 26.8. The molecule has 3 aliphatic heterocycles. The minimum atomic E-state index is -0.850. The second kappa shape index (κ2) is 13.0. The molecule has 0 saturated carbocycles. The predicted octanol–water partition coefficient (Wildman–Crippen LogP) is 6.47. The van der Waals surface area contributed by atoms with Crippen molar-refractivity contribution in [3.63, 3.8) is 0 Å². The van der Waals surface area contributed by atoms with Crippen molar-refractivity contribution < 1.29 is 19.5 Å². The molecule has 8 heteroatoms. The monoisotopic (exact) mass is 651 g/mol. The Kier molecular flexibility index (Phi) is 9.11. The fraction of sp³-hybridized carbons (Fsp3) is 0.410. The maximum Gasteiger partial charge on any atom is 0.251 e. The number of carbonyl (C=O) groups excluding carboxylic acids is 3. The van der Waals surface area contributed by atoms with E-state index >= 15 is 4.79 Å². The van der Waals surface area contributed by atoms with Crippen molar-refractivity contribution in [2.75, 3.05) is 29.5 Å². The van der Waals surface area contributed by atoms with Gasteiger partial charge in [0.05, 0.1) is 29.2 Å². The smallest absolute Gasteiger partial charge is 0.251 e. The number of aliphatic hydroxyl groups excluding tert-OH is 1. The average Bonchev–Trinajstić information content (AvgIpc) is 3.65. The highest BCUT2D eigenvalue weighted by Gasteiger charge is 2.78. The van der Waals surface area contributed by atoms with E-state index in [9.17, 15) is 14.7 Å². The van der Waals surface area contributed by atoms with Crippen LogP contribution in [0, 0.1) is 17.8 Å². The third-order valence-electron chi connectivity index (χ3n) is 10.3. The zero-order valence-corrected chi connectivity index (χ0v) is 28.4. The number of aliphatic hydroxyl groups is 1. The van der Waals surface area contributed by atoms with Crippen LogP contribution in [-0.4, -0.2) is 69.0 Å². The molecule has 1 N–H and O–H groups in total. The van der Waals surface area contributed by atoms with Crippen molar-refractivity contribution in [2.24, 2.45) is 17.8 Å². The number of para-hydroxylation sites is 1. The van der Waals surface area contributed by atoms with Crippen LogP contribution in [0.4, 0.5) is 11.4 Å². The van der Waals surface area contributed by atoms with Crippen LogP contribution in [0.1, 0.15) is 40.0 Å². The number of amides is 3. The first-order valence-corrected chi connectivity index (χ1v) is 17.4. The summed E-state index contributed by atoms with van der Waals surface area (Å²) in [7, 11) is 0. The lowest BCUT2D eigenvalue weighted by Gasteiger charge is -2.40. The van der Waals surface area contributed by atoms with Gasteiger partial charge < -0.3 is 19.8 Å². The highest BCUT2D eigenvalue weighted by Crippen LogP contribution is 2.72. The molecule has 3 aromatic rings. The Hall–Kier alpha value is -3.88. The number of thioether (sulfide) groups is 1. The summed E-state index contributed by atoms with van der Waals surface area (Å²) in [5, 5.41) is 12.8. The van der Waals surface area contributed by atoms with Gasteiger partial charge in [-0.3, -0.25) is 14.4 Å². The summed E-state index contributed by atoms with van der Waals surface area (Å²) in [5.74, 6) is -1.69. The fourth-order valence-corrected chi connectivity index (χ4v) is 10.7. The zero-order valence-electron chi connectivity index (χ0n) is 27.5. The molecule has 2 bridgehead atoms. The summed E-state index contributed by atoms with van der Waals surface area (Å²) < 4.78 is -1.35. The summed E-state index contributed by atoms with van der Waals surface area (Å²) in [6.45, 7) is 14.4. The summed E-state index contributed by atoms with van der Waals surface area (Å²) >= 11 is 1.65. The van der Waals surface area contributed by atoms with E-state index in [1.807, 2.05) is 72.8 Å². The predicted molar refractivity (Wildman–Crippen MR) is 191 cm³/mol. The molecule has 3 aliphatic rings. The summed E-state index contributed by atoms with van der Waals surface area (Å²) in [6.07, 6.45) is 5.30. The van der Waals surface area contributed by atoms with Crippen LogP contribution in [0.15, 0.2) is 98.1 Å². The first-order chi connectivity index (χ1) is 22.6. The number of benzene rings is 3.